The second kappa shape index (κ2) is 10.9. The summed E-state index contributed by atoms with van der Waals surface area (Å²) in [6.45, 7) is 2.26. The van der Waals surface area contributed by atoms with Crippen LogP contribution in [-0.2, 0) is 6.42 Å². The minimum absolute atomic E-state index is 0.228. The van der Waals surface area contributed by atoms with Crippen LogP contribution < -0.4 is 0 Å². The van der Waals surface area contributed by atoms with Gasteiger partial charge in [-0.2, -0.15) is 0 Å². The fraction of sp³-hybridized carbons (Fsp3) is 0.524. The Kier molecular flexibility index (Phi) is 8.43. The highest BCUT2D eigenvalue weighted by Gasteiger charge is 2.02. The van der Waals surface area contributed by atoms with Crippen LogP contribution in [-0.4, -0.2) is 9.97 Å². The molecule has 24 heavy (non-hydrogen) atoms. The molecule has 0 amide bonds. The summed E-state index contributed by atoms with van der Waals surface area (Å²) in [6.07, 6.45) is 16.6. The number of aromatic nitrogens is 2. The quantitative estimate of drug-likeness (QED) is 0.449. The Hall–Kier alpha value is -1.77. The Bertz CT molecular complexity index is 563. The predicted octanol–water partition coefficient (Wildman–Crippen LogP) is 6.36. The van der Waals surface area contributed by atoms with Crippen LogP contribution >= 0.6 is 0 Å². The zero-order chi connectivity index (χ0) is 17.0. The fourth-order valence-corrected chi connectivity index (χ4v) is 2.87. The zero-order valence-electron chi connectivity index (χ0n) is 14.8. The van der Waals surface area contributed by atoms with E-state index in [2.05, 4.69) is 16.9 Å². The van der Waals surface area contributed by atoms with Crippen molar-refractivity contribution in [2.75, 3.05) is 0 Å². The van der Waals surface area contributed by atoms with Gasteiger partial charge in [-0.3, -0.25) is 9.97 Å². The number of benzene rings is 1. The van der Waals surface area contributed by atoms with Gasteiger partial charge in [-0.05, 0) is 37.1 Å². The predicted molar refractivity (Wildman–Crippen MR) is 98.4 cm³/mol. The van der Waals surface area contributed by atoms with Crippen molar-refractivity contribution < 1.29 is 4.39 Å². The number of hydrogen-bond acceptors (Lipinski definition) is 2. The number of unbranched alkanes of at least 4 members (excludes halogenated alkanes) is 8. The average molecular weight is 328 g/mol. The van der Waals surface area contributed by atoms with Gasteiger partial charge in [-0.15, -0.1) is 0 Å². The molecule has 1 aromatic heterocycles. The molecule has 0 spiro atoms. The van der Waals surface area contributed by atoms with Crippen molar-refractivity contribution in [3.05, 3.63) is 48.2 Å². The normalized spacial score (nSPS) is 10.9. The van der Waals surface area contributed by atoms with Gasteiger partial charge >= 0.3 is 0 Å². The first kappa shape index (κ1) is 18.6. The molecular formula is C21H29FN2. The van der Waals surface area contributed by atoms with Crippen LogP contribution in [0, 0.1) is 5.82 Å². The Balaban J connectivity index is 1.63. The molecule has 2 rings (SSSR count). The molecule has 0 bridgehead atoms. The van der Waals surface area contributed by atoms with E-state index in [4.69, 9.17) is 0 Å². The third-order valence-electron chi connectivity index (χ3n) is 4.38. The van der Waals surface area contributed by atoms with E-state index in [9.17, 15) is 4.39 Å². The van der Waals surface area contributed by atoms with E-state index in [1.807, 2.05) is 6.20 Å². The van der Waals surface area contributed by atoms with E-state index < -0.39 is 0 Å². The second-order valence-electron chi connectivity index (χ2n) is 6.48. The molecule has 0 aliphatic heterocycles. The molecule has 0 radical (unpaired) electrons. The highest BCUT2D eigenvalue weighted by atomic mass is 19.1. The topological polar surface area (TPSA) is 25.8 Å². The van der Waals surface area contributed by atoms with E-state index in [1.54, 1.807) is 18.3 Å². The van der Waals surface area contributed by atoms with Gasteiger partial charge in [-0.1, -0.05) is 58.3 Å². The number of halogens is 1. The molecule has 3 heteroatoms. The molecule has 2 aromatic rings. The van der Waals surface area contributed by atoms with Crippen molar-refractivity contribution in [2.24, 2.45) is 0 Å². The summed E-state index contributed by atoms with van der Waals surface area (Å²) in [5.74, 6) is -0.228. The van der Waals surface area contributed by atoms with E-state index in [-0.39, 0.29) is 5.82 Å². The highest BCUT2D eigenvalue weighted by molar-refractivity contribution is 5.57. The number of aryl methyl sites for hydroxylation is 1. The summed E-state index contributed by atoms with van der Waals surface area (Å²) < 4.78 is 12.9. The first-order valence-electron chi connectivity index (χ1n) is 9.36. The van der Waals surface area contributed by atoms with Crippen LogP contribution in [0.15, 0.2) is 36.7 Å². The van der Waals surface area contributed by atoms with Crippen molar-refractivity contribution in [1.82, 2.24) is 9.97 Å². The first-order valence-corrected chi connectivity index (χ1v) is 9.36. The van der Waals surface area contributed by atoms with Crippen molar-refractivity contribution in [2.45, 2.75) is 71.1 Å². The lowest BCUT2D eigenvalue weighted by Gasteiger charge is -2.04. The zero-order valence-corrected chi connectivity index (χ0v) is 14.8. The van der Waals surface area contributed by atoms with Crippen molar-refractivity contribution >= 4 is 0 Å². The van der Waals surface area contributed by atoms with Crippen LogP contribution in [0.1, 0.15) is 70.4 Å². The van der Waals surface area contributed by atoms with Crippen LogP contribution in [0.5, 0.6) is 0 Å². The monoisotopic (exact) mass is 328 g/mol. The maximum absolute atomic E-state index is 12.9. The van der Waals surface area contributed by atoms with Crippen molar-refractivity contribution in [3.8, 4) is 11.3 Å². The van der Waals surface area contributed by atoms with Gasteiger partial charge < -0.3 is 0 Å². The molecule has 0 atom stereocenters. The molecule has 130 valence electrons. The Morgan fingerprint density at radius 1 is 0.750 bits per heavy atom. The maximum Gasteiger partial charge on any atom is 0.123 e. The van der Waals surface area contributed by atoms with Crippen molar-refractivity contribution in [3.63, 3.8) is 0 Å². The summed E-state index contributed by atoms with van der Waals surface area (Å²) in [5, 5.41) is 0. The highest BCUT2D eigenvalue weighted by Crippen LogP contribution is 2.17. The third kappa shape index (κ3) is 6.77. The van der Waals surface area contributed by atoms with Crippen LogP contribution in [0.2, 0.25) is 0 Å². The molecule has 0 aliphatic carbocycles. The third-order valence-corrected chi connectivity index (χ3v) is 4.38. The van der Waals surface area contributed by atoms with Gasteiger partial charge in [0, 0.05) is 11.8 Å². The Morgan fingerprint density at radius 3 is 1.96 bits per heavy atom. The van der Waals surface area contributed by atoms with E-state index >= 15 is 0 Å². The van der Waals surface area contributed by atoms with E-state index in [0.29, 0.717) is 0 Å². The van der Waals surface area contributed by atoms with Gasteiger partial charge in [0.1, 0.15) is 5.82 Å². The molecule has 0 N–H and O–H groups in total. The molecule has 1 aromatic carbocycles. The summed E-state index contributed by atoms with van der Waals surface area (Å²) in [4.78, 5) is 8.94. The number of rotatable bonds is 11. The van der Waals surface area contributed by atoms with E-state index in [1.165, 1.54) is 69.9 Å². The molecule has 0 unspecified atom stereocenters. The van der Waals surface area contributed by atoms with Crippen LogP contribution in [0.4, 0.5) is 4.39 Å². The standard InChI is InChI=1S/C21H29FN2/c1-2-3-4-5-6-7-8-9-10-11-20-16-24-21(17-23-20)18-12-14-19(22)15-13-18/h12-17H,2-11H2,1H3. The molecule has 0 fully saturated rings. The van der Waals surface area contributed by atoms with Crippen LogP contribution in [0.3, 0.4) is 0 Å². The lowest BCUT2D eigenvalue weighted by molar-refractivity contribution is 0.563. The van der Waals surface area contributed by atoms with Gasteiger partial charge in [-0.25, -0.2) is 4.39 Å². The second-order valence-corrected chi connectivity index (χ2v) is 6.48. The lowest BCUT2D eigenvalue weighted by atomic mass is 10.1. The first-order chi connectivity index (χ1) is 11.8. The van der Waals surface area contributed by atoms with Gasteiger partial charge in [0.25, 0.3) is 0 Å². The molecular weight excluding hydrogens is 299 g/mol. The molecule has 2 nitrogen and oxygen atoms in total. The summed E-state index contributed by atoms with van der Waals surface area (Å²) in [5.41, 5.74) is 2.74. The maximum atomic E-state index is 12.9. The smallest absolute Gasteiger partial charge is 0.123 e. The molecule has 0 aliphatic rings. The summed E-state index contributed by atoms with van der Waals surface area (Å²) >= 11 is 0. The number of hydrogen-bond donors (Lipinski definition) is 0. The van der Waals surface area contributed by atoms with Gasteiger partial charge in [0.15, 0.2) is 0 Å². The van der Waals surface area contributed by atoms with Crippen LogP contribution in [0.25, 0.3) is 11.3 Å². The SMILES string of the molecule is CCCCCCCCCCCc1cnc(-c2ccc(F)cc2)cn1. The minimum Gasteiger partial charge on any atom is -0.257 e. The average Bonchev–Trinajstić information content (AvgIpc) is 2.62. The largest absolute Gasteiger partial charge is 0.257 e. The summed E-state index contributed by atoms with van der Waals surface area (Å²) in [7, 11) is 0. The molecule has 0 saturated heterocycles. The van der Waals surface area contributed by atoms with Crippen molar-refractivity contribution in [1.29, 1.82) is 0 Å². The van der Waals surface area contributed by atoms with Gasteiger partial charge in [0.05, 0.1) is 17.6 Å². The Morgan fingerprint density at radius 2 is 1.38 bits per heavy atom. The molecule has 1 heterocycles. The lowest BCUT2D eigenvalue weighted by Crippen LogP contribution is -1.94. The van der Waals surface area contributed by atoms with E-state index in [0.717, 1.165) is 23.4 Å². The number of nitrogens with zero attached hydrogens (tertiary/aromatic N) is 2. The van der Waals surface area contributed by atoms with Gasteiger partial charge in [0.2, 0.25) is 0 Å². The Labute approximate surface area is 145 Å². The molecule has 0 saturated carbocycles. The fourth-order valence-electron chi connectivity index (χ4n) is 2.87. The minimum atomic E-state index is -0.228. The summed E-state index contributed by atoms with van der Waals surface area (Å²) in [6, 6.07) is 6.37.